The standard InChI is InChI=1S/C16H15Cl2NO2/c1-11(21-13-7-8-14(17)15(18)9-13)16(20)19-10-12-5-3-2-4-6-12/h2-9,11H,10H2,1H3,(H,19,20). The molecule has 0 fully saturated rings. The summed E-state index contributed by atoms with van der Waals surface area (Å²) in [5.74, 6) is 0.316. The van der Waals surface area contributed by atoms with E-state index in [1.165, 1.54) is 0 Å². The van der Waals surface area contributed by atoms with Crippen LogP contribution in [0.15, 0.2) is 48.5 Å². The largest absolute Gasteiger partial charge is 0.481 e. The third-order valence-electron chi connectivity index (χ3n) is 2.88. The van der Waals surface area contributed by atoms with Gasteiger partial charge in [0.2, 0.25) is 0 Å². The highest BCUT2D eigenvalue weighted by Gasteiger charge is 2.14. The van der Waals surface area contributed by atoms with Gasteiger partial charge < -0.3 is 10.1 Å². The van der Waals surface area contributed by atoms with Crippen LogP contribution in [0.3, 0.4) is 0 Å². The Morgan fingerprint density at radius 1 is 1.14 bits per heavy atom. The van der Waals surface area contributed by atoms with Crippen molar-refractivity contribution in [2.75, 3.05) is 0 Å². The highest BCUT2D eigenvalue weighted by atomic mass is 35.5. The number of halogens is 2. The molecule has 0 bridgehead atoms. The summed E-state index contributed by atoms with van der Waals surface area (Å²) in [6.07, 6.45) is -0.619. The fraction of sp³-hybridized carbons (Fsp3) is 0.188. The molecule has 0 aliphatic heterocycles. The van der Waals surface area contributed by atoms with Gasteiger partial charge in [-0.2, -0.15) is 0 Å². The molecule has 0 heterocycles. The maximum absolute atomic E-state index is 12.0. The van der Waals surface area contributed by atoms with Gasteiger partial charge in [-0.05, 0) is 24.6 Å². The van der Waals surface area contributed by atoms with E-state index in [0.29, 0.717) is 22.3 Å². The van der Waals surface area contributed by atoms with Crippen molar-refractivity contribution in [3.63, 3.8) is 0 Å². The van der Waals surface area contributed by atoms with Crippen molar-refractivity contribution in [1.29, 1.82) is 0 Å². The Labute approximate surface area is 133 Å². The van der Waals surface area contributed by atoms with Gasteiger partial charge in [-0.15, -0.1) is 0 Å². The maximum atomic E-state index is 12.0. The van der Waals surface area contributed by atoms with E-state index in [0.717, 1.165) is 5.56 Å². The van der Waals surface area contributed by atoms with E-state index < -0.39 is 6.10 Å². The van der Waals surface area contributed by atoms with Crippen LogP contribution in [0.5, 0.6) is 5.75 Å². The SMILES string of the molecule is CC(Oc1ccc(Cl)c(Cl)c1)C(=O)NCc1ccccc1. The van der Waals surface area contributed by atoms with Crippen molar-refractivity contribution in [3.8, 4) is 5.75 Å². The molecule has 2 aromatic carbocycles. The second kappa shape index (κ2) is 7.34. The normalized spacial score (nSPS) is 11.8. The van der Waals surface area contributed by atoms with E-state index in [9.17, 15) is 4.79 Å². The fourth-order valence-electron chi connectivity index (χ4n) is 1.74. The molecule has 0 spiro atoms. The van der Waals surface area contributed by atoms with Crippen molar-refractivity contribution >= 4 is 29.1 Å². The zero-order valence-corrected chi connectivity index (χ0v) is 13.0. The monoisotopic (exact) mass is 323 g/mol. The zero-order chi connectivity index (χ0) is 15.2. The maximum Gasteiger partial charge on any atom is 0.261 e. The minimum absolute atomic E-state index is 0.190. The van der Waals surface area contributed by atoms with E-state index in [2.05, 4.69) is 5.32 Å². The van der Waals surface area contributed by atoms with E-state index >= 15 is 0 Å². The molecule has 0 saturated carbocycles. The molecule has 0 saturated heterocycles. The number of rotatable bonds is 5. The Kier molecular flexibility index (Phi) is 5.48. The van der Waals surface area contributed by atoms with E-state index in [4.69, 9.17) is 27.9 Å². The van der Waals surface area contributed by atoms with Gasteiger partial charge in [-0.25, -0.2) is 0 Å². The lowest BCUT2D eigenvalue weighted by Crippen LogP contribution is -2.35. The van der Waals surface area contributed by atoms with Crippen LogP contribution in [0.2, 0.25) is 10.0 Å². The number of amides is 1. The fourth-order valence-corrected chi connectivity index (χ4v) is 2.02. The summed E-state index contributed by atoms with van der Waals surface area (Å²) in [6.45, 7) is 2.15. The van der Waals surface area contributed by atoms with Gasteiger partial charge in [0.1, 0.15) is 5.75 Å². The summed E-state index contributed by atoms with van der Waals surface area (Å²) < 4.78 is 5.55. The molecule has 2 rings (SSSR count). The first-order valence-electron chi connectivity index (χ1n) is 6.49. The van der Waals surface area contributed by atoms with Crippen LogP contribution in [0.4, 0.5) is 0 Å². The predicted octanol–water partition coefficient (Wildman–Crippen LogP) is 4.08. The Balaban J connectivity index is 1.88. The molecule has 2 aromatic rings. The van der Waals surface area contributed by atoms with Crippen LogP contribution in [0, 0.1) is 0 Å². The smallest absolute Gasteiger partial charge is 0.261 e. The van der Waals surface area contributed by atoms with Crippen molar-refractivity contribution in [3.05, 3.63) is 64.1 Å². The molecule has 1 atom stereocenters. The van der Waals surface area contributed by atoms with Crippen LogP contribution in [0.25, 0.3) is 0 Å². The molecular weight excluding hydrogens is 309 g/mol. The summed E-state index contributed by atoms with van der Waals surface area (Å²) in [7, 11) is 0. The molecule has 1 amide bonds. The van der Waals surface area contributed by atoms with Crippen molar-refractivity contribution in [1.82, 2.24) is 5.32 Å². The highest BCUT2D eigenvalue weighted by Crippen LogP contribution is 2.26. The van der Waals surface area contributed by atoms with Crippen molar-refractivity contribution in [2.45, 2.75) is 19.6 Å². The average Bonchev–Trinajstić information content (AvgIpc) is 2.49. The molecule has 21 heavy (non-hydrogen) atoms. The van der Waals surface area contributed by atoms with Crippen molar-refractivity contribution in [2.24, 2.45) is 0 Å². The molecule has 3 nitrogen and oxygen atoms in total. The average molecular weight is 324 g/mol. The predicted molar refractivity (Wildman–Crippen MR) is 84.8 cm³/mol. The molecule has 0 radical (unpaired) electrons. The first-order valence-corrected chi connectivity index (χ1v) is 7.25. The number of benzene rings is 2. The molecule has 0 aliphatic rings. The van der Waals surface area contributed by atoms with E-state index in [1.807, 2.05) is 30.3 Å². The van der Waals surface area contributed by atoms with Gasteiger partial charge in [0.05, 0.1) is 10.0 Å². The number of hydrogen-bond donors (Lipinski definition) is 1. The number of ether oxygens (including phenoxy) is 1. The number of carbonyl (C=O) groups is 1. The highest BCUT2D eigenvalue weighted by molar-refractivity contribution is 6.42. The third kappa shape index (κ3) is 4.66. The van der Waals surface area contributed by atoms with Gasteiger partial charge in [-0.3, -0.25) is 4.79 Å². The van der Waals surface area contributed by atoms with Crippen LogP contribution in [-0.4, -0.2) is 12.0 Å². The van der Waals surface area contributed by atoms with Crippen LogP contribution < -0.4 is 10.1 Å². The van der Waals surface area contributed by atoms with E-state index in [-0.39, 0.29) is 5.91 Å². The lowest BCUT2D eigenvalue weighted by Gasteiger charge is -2.15. The van der Waals surface area contributed by atoms with Crippen LogP contribution in [0.1, 0.15) is 12.5 Å². The van der Waals surface area contributed by atoms with Crippen LogP contribution in [-0.2, 0) is 11.3 Å². The summed E-state index contributed by atoms with van der Waals surface area (Å²) in [5.41, 5.74) is 1.03. The zero-order valence-electron chi connectivity index (χ0n) is 11.5. The van der Waals surface area contributed by atoms with Gasteiger partial charge in [0, 0.05) is 12.6 Å². The van der Waals surface area contributed by atoms with E-state index in [1.54, 1.807) is 25.1 Å². The molecule has 5 heteroatoms. The number of nitrogens with one attached hydrogen (secondary N) is 1. The lowest BCUT2D eigenvalue weighted by molar-refractivity contribution is -0.127. The molecule has 1 N–H and O–H groups in total. The molecule has 0 aliphatic carbocycles. The second-order valence-corrected chi connectivity index (χ2v) is 5.35. The Morgan fingerprint density at radius 2 is 1.86 bits per heavy atom. The molecule has 0 aromatic heterocycles. The number of hydrogen-bond acceptors (Lipinski definition) is 2. The summed E-state index contributed by atoms with van der Waals surface area (Å²) in [6, 6.07) is 14.6. The first-order chi connectivity index (χ1) is 10.1. The van der Waals surface area contributed by atoms with Crippen molar-refractivity contribution < 1.29 is 9.53 Å². The first kappa shape index (κ1) is 15.7. The number of carbonyl (C=O) groups excluding carboxylic acids is 1. The molecule has 110 valence electrons. The topological polar surface area (TPSA) is 38.3 Å². The Morgan fingerprint density at radius 3 is 2.52 bits per heavy atom. The minimum Gasteiger partial charge on any atom is -0.481 e. The Bertz CT molecular complexity index is 617. The van der Waals surface area contributed by atoms with Gasteiger partial charge in [0.25, 0.3) is 5.91 Å². The van der Waals surface area contributed by atoms with Crippen LogP contribution >= 0.6 is 23.2 Å². The quantitative estimate of drug-likeness (QED) is 0.900. The minimum atomic E-state index is -0.619. The summed E-state index contributed by atoms with van der Waals surface area (Å²) in [4.78, 5) is 12.0. The summed E-state index contributed by atoms with van der Waals surface area (Å²) >= 11 is 11.7. The van der Waals surface area contributed by atoms with Gasteiger partial charge in [0.15, 0.2) is 6.10 Å². The lowest BCUT2D eigenvalue weighted by atomic mass is 10.2. The second-order valence-electron chi connectivity index (χ2n) is 4.54. The summed E-state index contributed by atoms with van der Waals surface area (Å²) in [5, 5.41) is 3.67. The van der Waals surface area contributed by atoms with Gasteiger partial charge >= 0.3 is 0 Å². The Hall–Kier alpha value is -1.71. The van der Waals surface area contributed by atoms with Gasteiger partial charge in [-0.1, -0.05) is 53.5 Å². The third-order valence-corrected chi connectivity index (χ3v) is 3.62. The molecule has 1 unspecified atom stereocenters. The molecular formula is C16H15Cl2NO2.